The number of rotatable bonds is 11. The second kappa shape index (κ2) is 12.3. The minimum atomic E-state index is -0.314. The lowest BCUT2D eigenvalue weighted by Gasteiger charge is -2.07. The van der Waals surface area contributed by atoms with Crippen molar-refractivity contribution in [2.45, 2.75) is 46.6 Å². The van der Waals surface area contributed by atoms with Crippen molar-refractivity contribution in [2.75, 3.05) is 25.1 Å². The Hall–Kier alpha value is -2.97. The Kier molecular flexibility index (Phi) is 9.21. The SMILES string of the molecule is CCCCCOc1ccc(C(=O)N=c2sc3cc(NC(C)=O)ccc3n2CCOCC)cc1. The van der Waals surface area contributed by atoms with Gasteiger partial charge in [0.2, 0.25) is 5.91 Å². The summed E-state index contributed by atoms with van der Waals surface area (Å²) in [5, 5.41) is 2.80. The molecular weight excluding hydrogens is 438 g/mol. The fraction of sp³-hybridized carbons (Fsp3) is 0.400. The standard InChI is InChI=1S/C25H31N3O4S/c1-4-6-7-15-32-21-11-8-19(9-12-21)24(30)27-25-28(14-16-31-5-2)22-13-10-20(26-18(3)29)17-23(22)33-25/h8-13,17H,4-7,14-16H2,1-3H3,(H,26,29). The molecular formula is C25H31N3O4S. The van der Waals surface area contributed by atoms with Gasteiger partial charge < -0.3 is 19.4 Å². The first kappa shape index (κ1) is 24.7. The van der Waals surface area contributed by atoms with E-state index < -0.39 is 0 Å². The number of carbonyl (C=O) groups excluding carboxylic acids is 2. The van der Waals surface area contributed by atoms with Crippen molar-refractivity contribution in [1.82, 2.24) is 4.57 Å². The molecule has 2 amide bonds. The van der Waals surface area contributed by atoms with Gasteiger partial charge >= 0.3 is 0 Å². The number of anilines is 1. The maximum absolute atomic E-state index is 12.9. The van der Waals surface area contributed by atoms with Gasteiger partial charge in [0.25, 0.3) is 5.91 Å². The molecule has 0 aliphatic rings. The van der Waals surface area contributed by atoms with Crippen LogP contribution in [0.5, 0.6) is 5.75 Å². The number of fused-ring (bicyclic) bond motifs is 1. The molecule has 0 saturated heterocycles. The minimum absolute atomic E-state index is 0.131. The van der Waals surface area contributed by atoms with E-state index in [1.807, 2.05) is 41.8 Å². The Labute approximate surface area is 198 Å². The number of thiazole rings is 1. The van der Waals surface area contributed by atoms with E-state index in [-0.39, 0.29) is 11.8 Å². The molecule has 3 aromatic rings. The van der Waals surface area contributed by atoms with Crippen LogP contribution in [-0.4, -0.2) is 36.2 Å². The van der Waals surface area contributed by atoms with Crippen LogP contribution in [0.25, 0.3) is 10.2 Å². The second-order valence-corrected chi connectivity index (χ2v) is 8.60. The highest BCUT2D eigenvalue weighted by Crippen LogP contribution is 2.22. The van der Waals surface area contributed by atoms with Crippen LogP contribution in [0.4, 0.5) is 5.69 Å². The Morgan fingerprint density at radius 2 is 1.85 bits per heavy atom. The molecule has 0 aliphatic heterocycles. The predicted octanol–water partition coefficient (Wildman–Crippen LogP) is 5.01. The lowest BCUT2D eigenvalue weighted by atomic mass is 10.2. The number of amides is 2. The van der Waals surface area contributed by atoms with Gasteiger partial charge in [0.15, 0.2) is 4.80 Å². The summed E-state index contributed by atoms with van der Waals surface area (Å²) in [6, 6.07) is 12.8. The number of hydrogen-bond donors (Lipinski definition) is 1. The summed E-state index contributed by atoms with van der Waals surface area (Å²) in [6.45, 7) is 7.96. The summed E-state index contributed by atoms with van der Waals surface area (Å²) >= 11 is 1.41. The highest BCUT2D eigenvalue weighted by molar-refractivity contribution is 7.16. The molecule has 0 saturated carbocycles. The van der Waals surface area contributed by atoms with Gasteiger partial charge in [-0.15, -0.1) is 0 Å². The summed E-state index contributed by atoms with van der Waals surface area (Å²) < 4.78 is 14.2. The molecule has 0 spiro atoms. The van der Waals surface area contributed by atoms with Crippen molar-refractivity contribution >= 4 is 39.1 Å². The number of unbranched alkanes of at least 4 members (excludes halogenated alkanes) is 2. The van der Waals surface area contributed by atoms with Crippen LogP contribution in [0.3, 0.4) is 0 Å². The first-order valence-corrected chi connectivity index (χ1v) is 12.1. The van der Waals surface area contributed by atoms with Gasteiger partial charge in [-0.2, -0.15) is 4.99 Å². The van der Waals surface area contributed by atoms with Crippen LogP contribution in [0, 0.1) is 0 Å². The Morgan fingerprint density at radius 1 is 1.06 bits per heavy atom. The molecule has 0 unspecified atom stereocenters. The summed E-state index contributed by atoms with van der Waals surface area (Å²) in [6.07, 6.45) is 3.30. The number of nitrogens with zero attached hydrogens (tertiary/aromatic N) is 2. The number of benzene rings is 2. The van der Waals surface area contributed by atoms with E-state index in [2.05, 4.69) is 17.2 Å². The van der Waals surface area contributed by atoms with E-state index in [0.717, 1.165) is 35.2 Å². The van der Waals surface area contributed by atoms with Crippen LogP contribution >= 0.6 is 11.3 Å². The highest BCUT2D eigenvalue weighted by Gasteiger charge is 2.11. The van der Waals surface area contributed by atoms with E-state index in [0.29, 0.717) is 42.4 Å². The molecule has 0 fully saturated rings. The van der Waals surface area contributed by atoms with Gasteiger partial charge in [-0.25, -0.2) is 0 Å². The molecule has 33 heavy (non-hydrogen) atoms. The number of hydrogen-bond acceptors (Lipinski definition) is 5. The van der Waals surface area contributed by atoms with E-state index in [1.165, 1.54) is 18.3 Å². The van der Waals surface area contributed by atoms with Crippen molar-refractivity contribution in [1.29, 1.82) is 0 Å². The third-order valence-corrected chi connectivity index (χ3v) is 6.02. The van der Waals surface area contributed by atoms with Crippen LogP contribution in [0.15, 0.2) is 47.5 Å². The van der Waals surface area contributed by atoms with E-state index in [9.17, 15) is 9.59 Å². The lowest BCUT2D eigenvalue weighted by molar-refractivity contribution is -0.114. The van der Waals surface area contributed by atoms with Crippen molar-refractivity contribution in [3.63, 3.8) is 0 Å². The molecule has 3 rings (SSSR count). The monoisotopic (exact) mass is 469 g/mol. The molecule has 2 aromatic carbocycles. The second-order valence-electron chi connectivity index (χ2n) is 7.59. The van der Waals surface area contributed by atoms with Crippen molar-refractivity contribution in [3.05, 3.63) is 52.8 Å². The van der Waals surface area contributed by atoms with Crippen molar-refractivity contribution in [2.24, 2.45) is 4.99 Å². The molecule has 1 aromatic heterocycles. The first-order chi connectivity index (χ1) is 16.0. The average molecular weight is 470 g/mol. The quantitative estimate of drug-likeness (QED) is 0.400. The van der Waals surface area contributed by atoms with Gasteiger partial charge in [-0.05, 0) is 55.8 Å². The number of nitrogens with one attached hydrogen (secondary N) is 1. The molecule has 0 atom stereocenters. The van der Waals surface area contributed by atoms with E-state index in [1.54, 1.807) is 12.1 Å². The van der Waals surface area contributed by atoms with Gasteiger partial charge in [0, 0.05) is 31.3 Å². The Bertz CT molecular complexity index is 1150. The molecule has 0 radical (unpaired) electrons. The topological polar surface area (TPSA) is 81.9 Å². The average Bonchev–Trinajstić information content (AvgIpc) is 3.13. The molecule has 0 bridgehead atoms. The van der Waals surface area contributed by atoms with Gasteiger partial charge in [-0.3, -0.25) is 9.59 Å². The molecule has 8 heteroatoms. The van der Waals surface area contributed by atoms with Crippen LogP contribution in [0.2, 0.25) is 0 Å². The zero-order chi connectivity index (χ0) is 23.6. The normalized spacial score (nSPS) is 11.7. The Morgan fingerprint density at radius 3 is 2.55 bits per heavy atom. The molecule has 1 N–H and O–H groups in total. The largest absolute Gasteiger partial charge is 0.494 e. The number of aromatic nitrogens is 1. The highest BCUT2D eigenvalue weighted by atomic mass is 32.1. The Balaban J connectivity index is 1.86. The summed E-state index contributed by atoms with van der Waals surface area (Å²) in [7, 11) is 0. The predicted molar refractivity (Wildman–Crippen MR) is 132 cm³/mol. The fourth-order valence-electron chi connectivity index (χ4n) is 3.34. The van der Waals surface area contributed by atoms with Gasteiger partial charge in [0.1, 0.15) is 5.75 Å². The van der Waals surface area contributed by atoms with E-state index >= 15 is 0 Å². The van der Waals surface area contributed by atoms with Crippen LogP contribution in [-0.2, 0) is 16.1 Å². The number of carbonyl (C=O) groups is 2. The fourth-order valence-corrected chi connectivity index (χ4v) is 4.44. The molecule has 176 valence electrons. The van der Waals surface area contributed by atoms with Gasteiger partial charge in [-0.1, -0.05) is 31.1 Å². The molecule has 0 aliphatic carbocycles. The maximum Gasteiger partial charge on any atom is 0.279 e. The van der Waals surface area contributed by atoms with Crippen molar-refractivity contribution < 1.29 is 19.1 Å². The van der Waals surface area contributed by atoms with Crippen LogP contribution in [0.1, 0.15) is 50.4 Å². The summed E-state index contributed by atoms with van der Waals surface area (Å²) in [5.41, 5.74) is 2.15. The minimum Gasteiger partial charge on any atom is -0.494 e. The summed E-state index contributed by atoms with van der Waals surface area (Å²) in [5.74, 6) is 0.307. The zero-order valence-electron chi connectivity index (χ0n) is 19.4. The van der Waals surface area contributed by atoms with Crippen LogP contribution < -0.4 is 14.9 Å². The van der Waals surface area contributed by atoms with Crippen molar-refractivity contribution in [3.8, 4) is 5.75 Å². The molecule has 7 nitrogen and oxygen atoms in total. The van der Waals surface area contributed by atoms with E-state index in [4.69, 9.17) is 9.47 Å². The molecule has 1 heterocycles. The number of ether oxygens (including phenoxy) is 2. The first-order valence-electron chi connectivity index (χ1n) is 11.3. The third-order valence-electron chi connectivity index (χ3n) is 4.98. The third kappa shape index (κ3) is 7.00. The summed E-state index contributed by atoms with van der Waals surface area (Å²) in [4.78, 5) is 29.3. The zero-order valence-corrected chi connectivity index (χ0v) is 20.2. The van der Waals surface area contributed by atoms with Gasteiger partial charge in [0.05, 0.1) is 23.4 Å². The maximum atomic E-state index is 12.9. The lowest BCUT2D eigenvalue weighted by Crippen LogP contribution is -2.19. The smallest absolute Gasteiger partial charge is 0.279 e.